The van der Waals surface area contributed by atoms with Crippen molar-refractivity contribution in [2.45, 2.75) is 31.5 Å². The minimum atomic E-state index is -0.616. The Morgan fingerprint density at radius 3 is 3.18 bits per heavy atom. The molecule has 94 valence electrons. The number of esters is 1. The normalized spacial score (nSPS) is 25.8. The number of methoxy groups -OCH3 is 1. The zero-order valence-corrected chi connectivity index (χ0v) is 10.7. The Bertz CT molecular complexity index is 366. The molecule has 2 unspecified atom stereocenters. The molecule has 2 rings (SSSR count). The van der Waals surface area contributed by atoms with Crippen LogP contribution in [-0.2, 0) is 16.1 Å². The standard InChI is InChI=1S/C12H17NO3S/c1-16-12(15)11-10(14)3-2-5-13(11)7-9-4-6-17-8-9/h4,6,8,10-11,14H,2-3,5,7H2,1H3. The Balaban J connectivity index is 2.09. The van der Waals surface area contributed by atoms with Gasteiger partial charge in [0, 0.05) is 6.54 Å². The zero-order valence-electron chi connectivity index (χ0n) is 9.83. The predicted octanol–water partition coefficient (Wildman–Crippen LogP) is 1.25. The molecule has 1 aliphatic heterocycles. The first kappa shape index (κ1) is 12.5. The molecule has 4 nitrogen and oxygen atoms in total. The second kappa shape index (κ2) is 5.62. The van der Waals surface area contributed by atoms with Crippen molar-refractivity contribution in [3.8, 4) is 0 Å². The van der Waals surface area contributed by atoms with Crippen LogP contribution in [0, 0.1) is 0 Å². The number of nitrogens with zero attached hydrogens (tertiary/aromatic N) is 1. The van der Waals surface area contributed by atoms with Crippen molar-refractivity contribution in [2.24, 2.45) is 0 Å². The summed E-state index contributed by atoms with van der Waals surface area (Å²) in [5, 5.41) is 14.0. The monoisotopic (exact) mass is 255 g/mol. The molecule has 0 radical (unpaired) electrons. The summed E-state index contributed by atoms with van der Waals surface area (Å²) in [6.45, 7) is 1.52. The van der Waals surface area contributed by atoms with E-state index in [9.17, 15) is 9.90 Å². The van der Waals surface area contributed by atoms with Gasteiger partial charge in [-0.1, -0.05) is 0 Å². The molecule has 0 bridgehead atoms. The van der Waals surface area contributed by atoms with Crippen LogP contribution in [0.5, 0.6) is 0 Å². The van der Waals surface area contributed by atoms with Crippen molar-refractivity contribution in [2.75, 3.05) is 13.7 Å². The van der Waals surface area contributed by atoms with Gasteiger partial charge in [-0.25, -0.2) is 0 Å². The molecule has 0 spiro atoms. The molecule has 0 aromatic carbocycles. The van der Waals surface area contributed by atoms with E-state index in [1.165, 1.54) is 12.7 Å². The highest BCUT2D eigenvalue weighted by Gasteiger charge is 2.36. The molecule has 0 saturated carbocycles. The van der Waals surface area contributed by atoms with Crippen LogP contribution in [0.4, 0.5) is 0 Å². The maximum atomic E-state index is 11.7. The van der Waals surface area contributed by atoms with Gasteiger partial charge in [-0.3, -0.25) is 9.69 Å². The molecular weight excluding hydrogens is 238 g/mol. The Kier molecular flexibility index (Phi) is 4.15. The average Bonchev–Trinajstić information content (AvgIpc) is 2.81. The number of hydrogen-bond acceptors (Lipinski definition) is 5. The maximum absolute atomic E-state index is 11.7. The van der Waals surface area contributed by atoms with E-state index < -0.39 is 12.1 Å². The van der Waals surface area contributed by atoms with Gasteiger partial charge >= 0.3 is 5.97 Å². The van der Waals surface area contributed by atoms with Gasteiger partial charge in [-0.15, -0.1) is 0 Å². The maximum Gasteiger partial charge on any atom is 0.325 e. The van der Waals surface area contributed by atoms with Crippen LogP contribution in [-0.4, -0.2) is 41.8 Å². The summed E-state index contributed by atoms with van der Waals surface area (Å²) in [4.78, 5) is 13.7. The highest BCUT2D eigenvalue weighted by molar-refractivity contribution is 7.07. The fourth-order valence-corrected chi connectivity index (χ4v) is 2.93. The van der Waals surface area contributed by atoms with Gasteiger partial charge < -0.3 is 9.84 Å². The molecule has 1 aromatic rings. The first-order chi connectivity index (χ1) is 8.22. The van der Waals surface area contributed by atoms with E-state index in [4.69, 9.17) is 4.74 Å². The van der Waals surface area contributed by atoms with E-state index >= 15 is 0 Å². The third-order valence-corrected chi connectivity index (χ3v) is 3.84. The Morgan fingerprint density at radius 2 is 2.53 bits per heavy atom. The lowest BCUT2D eigenvalue weighted by atomic mass is 9.98. The quantitative estimate of drug-likeness (QED) is 0.826. The molecule has 1 aliphatic rings. The number of rotatable bonds is 3. The van der Waals surface area contributed by atoms with Gasteiger partial charge in [0.05, 0.1) is 13.2 Å². The van der Waals surface area contributed by atoms with Crippen LogP contribution >= 0.6 is 11.3 Å². The predicted molar refractivity (Wildman–Crippen MR) is 65.8 cm³/mol. The minimum Gasteiger partial charge on any atom is -0.468 e. The van der Waals surface area contributed by atoms with E-state index in [1.54, 1.807) is 11.3 Å². The smallest absolute Gasteiger partial charge is 0.325 e. The zero-order chi connectivity index (χ0) is 12.3. The molecule has 1 saturated heterocycles. The Hall–Kier alpha value is -0.910. The minimum absolute atomic E-state index is 0.340. The summed E-state index contributed by atoms with van der Waals surface area (Å²) in [6.07, 6.45) is 0.966. The third kappa shape index (κ3) is 2.86. The number of aliphatic hydroxyl groups is 1. The fourth-order valence-electron chi connectivity index (χ4n) is 2.27. The van der Waals surface area contributed by atoms with Gasteiger partial charge in [0.25, 0.3) is 0 Å². The first-order valence-corrected chi connectivity index (χ1v) is 6.67. The van der Waals surface area contributed by atoms with E-state index in [0.717, 1.165) is 13.0 Å². The first-order valence-electron chi connectivity index (χ1n) is 5.73. The van der Waals surface area contributed by atoms with Gasteiger partial charge in [-0.05, 0) is 41.8 Å². The van der Waals surface area contributed by atoms with E-state index in [-0.39, 0.29) is 5.97 Å². The lowest BCUT2D eigenvalue weighted by Gasteiger charge is -2.36. The highest BCUT2D eigenvalue weighted by atomic mass is 32.1. The third-order valence-electron chi connectivity index (χ3n) is 3.11. The largest absolute Gasteiger partial charge is 0.468 e. The molecule has 2 atom stereocenters. The molecule has 0 aliphatic carbocycles. The summed E-state index contributed by atoms with van der Waals surface area (Å²) in [5.41, 5.74) is 1.18. The van der Waals surface area contributed by atoms with Crippen molar-refractivity contribution in [3.63, 3.8) is 0 Å². The second-order valence-electron chi connectivity index (χ2n) is 4.28. The van der Waals surface area contributed by atoms with Gasteiger partial charge in [0.15, 0.2) is 0 Å². The van der Waals surface area contributed by atoms with Crippen LogP contribution < -0.4 is 0 Å². The fraction of sp³-hybridized carbons (Fsp3) is 0.583. The van der Waals surface area contributed by atoms with E-state index in [2.05, 4.69) is 5.38 Å². The molecule has 17 heavy (non-hydrogen) atoms. The summed E-state index contributed by atoms with van der Waals surface area (Å²) < 4.78 is 4.77. The number of carbonyl (C=O) groups excluding carboxylic acids is 1. The average molecular weight is 255 g/mol. The molecule has 1 N–H and O–H groups in total. The van der Waals surface area contributed by atoms with E-state index in [0.29, 0.717) is 13.0 Å². The van der Waals surface area contributed by atoms with Gasteiger partial charge in [0.1, 0.15) is 6.04 Å². The van der Waals surface area contributed by atoms with Crippen molar-refractivity contribution in [1.29, 1.82) is 0 Å². The van der Waals surface area contributed by atoms with Crippen LogP contribution in [0.3, 0.4) is 0 Å². The SMILES string of the molecule is COC(=O)C1C(O)CCCN1Cc1ccsc1. The molecule has 1 fully saturated rings. The molecule has 5 heteroatoms. The summed E-state index contributed by atoms with van der Waals surface area (Å²) in [6, 6.07) is 1.52. The number of thiophene rings is 1. The van der Waals surface area contributed by atoms with Crippen LogP contribution in [0.25, 0.3) is 0 Å². The van der Waals surface area contributed by atoms with Crippen molar-refractivity contribution >= 4 is 17.3 Å². The summed E-state index contributed by atoms with van der Waals surface area (Å²) >= 11 is 1.64. The molecule has 2 heterocycles. The topological polar surface area (TPSA) is 49.8 Å². The van der Waals surface area contributed by atoms with E-state index in [1.807, 2.05) is 16.3 Å². The van der Waals surface area contributed by atoms with Crippen LogP contribution in [0.2, 0.25) is 0 Å². The number of likely N-dealkylation sites (tertiary alicyclic amines) is 1. The molecule has 0 amide bonds. The highest BCUT2D eigenvalue weighted by Crippen LogP contribution is 2.22. The second-order valence-corrected chi connectivity index (χ2v) is 5.06. The van der Waals surface area contributed by atoms with Crippen molar-refractivity contribution in [1.82, 2.24) is 4.90 Å². The number of aliphatic hydroxyl groups excluding tert-OH is 1. The number of hydrogen-bond donors (Lipinski definition) is 1. The number of carbonyl (C=O) groups is 1. The van der Waals surface area contributed by atoms with Crippen LogP contribution in [0.15, 0.2) is 16.8 Å². The lowest BCUT2D eigenvalue weighted by Crippen LogP contribution is -2.52. The number of piperidine rings is 1. The summed E-state index contributed by atoms with van der Waals surface area (Å²) in [5.74, 6) is -0.340. The van der Waals surface area contributed by atoms with Gasteiger partial charge in [-0.2, -0.15) is 11.3 Å². The molecular formula is C12H17NO3S. The number of ether oxygens (including phenoxy) is 1. The van der Waals surface area contributed by atoms with Crippen molar-refractivity contribution in [3.05, 3.63) is 22.4 Å². The summed E-state index contributed by atoms with van der Waals surface area (Å²) in [7, 11) is 1.37. The molecule has 1 aromatic heterocycles. The Labute approximate surface area is 105 Å². The van der Waals surface area contributed by atoms with Crippen LogP contribution in [0.1, 0.15) is 18.4 Å². The van der Waals surface area contributed by atoms with Gasteiger partial charge in [0.2, 0.25) is 0 Å². The lowest BCUT2D eigenvalue weighted by molar-refractivity contribution is -0.154. The van der Waals surface area contributed by atoms with Crippen molar-refractivity contribution < 1.29 is 14.6 Å². The Morgan fingerprint density at radius 1 is 1.71 bits per heavy atom.